The van der Waals surface area contributed by atoms with Gasteiger partial charge in [-0.05, 0) is 37.0 Å². The van der Waals surface area contributed by atoms with Gasteiger partial charge in [-0.1, -0.05) is 36.4 Å². The van der Waals surface area contributed by atoms with Crippen LogP contribution in [0.3, 0.4) is 0 Å². The van der Waals surface area contributed by atoms with Gasteiger partial charge < -0.3 is 10.6 Å². The maximum atomic E-state index is 12.1. The lowest BCUT2D eigenvalue weighted by Crippen LogP contribution is -2.38. The normalized spacial score (nSPS) is 15.3. The summed E-state index contributed by atoms with van der Waals surface area (Å²) in [5.74, 6) is 0.0264. The number of aromatic nitrogens is 1. The molecular formula is C18H21N3O. The fraction of sp³-hybridized carbons (Fsp3) is 0.333. The minimum absolute atomic E-state index is 0.0264. The Kier molecular flexibility index (Phi) is 4.81. The number of carbonyl (C=O) groups excluding carboxylic acids is 1. The lowest BCUT2D eigenvalue weighted by Gasteiger charge is -2.18. The quantitative estimate of drug-likeness (QED) is 0.823. The Morgan fingerprint density at radius 2 is 1.91 bits per heavy atom. The van der Waals surface area contributed by atoms with Crippen LogP contribution >= 0.6 is 0 Å². The number of amides is 1. The van der Waals surface area contributed by atoms with Gasteiger partial charge in [-0.2, -0.15) is 0 Å². The average molecular weight is 295 g/mol. The highest BCUT2D eigenvalue weighted by atomic mass is 16.2. The molecule has 0 bridgehead atoms. The molecule has 1 unspecified atom stereocenters. The minimum atomic E-state index is -0.0999. The summed E-state index contributed by atoms with van der Waals surface area (Å²) >= 11 is 0. The molecule has 1 saturated carbocycles. The minimum Gasteiger partial charge on any atom is -0.346 e. The summed E-state index contributed by atoms with van der Waals surface area (Å²) in [6.07, 6.45) is 4.87. The van der Waals surface area contributed by atoms with E-state index in [1.54, 1.807) is 6.20 Å². The molecule has 1 heterocycles. The molecule has 22 heavy (non-hydrogen) atoms. The highest BCUT2D eigenvalue weighted by Crippen LogP contribution is 2.19. The Labute approximate surface area is 131 Å². The van der Waals surface area contributed by atoms with Crippen molar-refractivity contribution in [2.45, 2.75) is 31.3 Å². The van der Waals surface area contributed by atoms with E-state index >= 15 is 0 Å². The van der Waals surface area contributed by atoms with Crippen molar-refractivity contribution >= 4 is 5.91 Å². The lowest BCUT2D eigenvalue weighted by molar-refractivity contribution is -0.121. The molecule has 2 N–H and O–H groups in total. The maximum Gasteiger partial charge on any atom is 0.234 e. The van der Waals surface area contributed by atoms with E-state index in [0.717, 1.165) is 12.1 Å². The van der Waals surface area contributed by atoms with E-state index in [4.69, 9.17) is 0 Å². The van der Waals surface area contributed by atoms with Crippen LogP contribution in [0.4, 0.5) is 0 Å². The molecule has 1 amide bonds. The molecule has 2 aromatic rings. The van der Waals surface area contributed by atoms with E-state index in [9.17, 15) is 4.79 Å². The Morgan fingerprint density at radius 1 is 1.14 bits per heavy atom. The van der Waals surface area contributed by atoms with Crippen molar-refractivity contribution in [3.05, 3.63) is 66.0 Å². The molecule has 0 aliphatic heterocycles. The summed E-state index contributed by atoms with van der Waals surface area (Å²) in [7, 11) is 0. The standard InChI is InChI=1S/C18H21N3O/c22-18(13-20-15-9-10-15)21-17(16-8-4-5-11-19-16)12-14-6-2-1-3-7-14/h1-8,11,15,17,20H,9-10,12-13H2,(H,21,22). The summed E-state index contributed by atoms with van der Waals surface area (Å²) < 4.78 is 0. The second kappa shape index (κ2) is 7.18. The van der Waals surface area contributed by atoms with Gasteiger partial charge in [0.05, 0.1) is 18.3 Å². The van der Waals surface area contributed by atoms with Gasteiger partial charge in [-0.3, -0.25) is 9.78 Å². The van der Waals surface area contributed by atoms with Gasteiger partial charge in [0.15, 0.2) is 0 Å². The molecule has 0 saturated heterocycles. The number of carbonyl (C=O) groups is 1. The van der Waals surface area contributed by atoms with E-state index in [2.05, 4.69) is 27.8 Å². The maximum absolute atomic E-state index is 12.1. The topological polar surface area (TPSA) is 54.0 Å². The summed E-state index contributed by atoms with van der Waals surface area (Å²) in [4.78, 5) is 16.5. The molecule has 1 atom stereocenters. The molecule has 1 aromatic carbocycles. The van der Waals surface area contributed by atoms with Gasteiger partial charge >= 0.3 is 0 Å². The molecule has 0 spiro atoms. The van der Waals surface area contributed by atoms with Gasteiger partial charge in [-0.25, -0.2) is 0 Å². The van der Waals surface area contributed by atoms with Crippen LogP contribution in [0.5, 0.6) is 0 Å². The number of hydrogen-bond donors (Lipinski definition) is 2. The first-order valence-corrected chi connectivity index (χ1v) is 7.79. The molecule has 114 valence electrons. The number of benzene rings is 1. The monoisotopic (exact) mass is 295 g/mol. The van der Waals surface area contributed by atoms with E-state index in [1.165, 1.54) is 18.4 Å². The van der Waals surface area contributed by atoms with E-state index < -0.39 is 0 Å². The molecule has 1 aliphatic rings. The number of nitrogens with zero attached hydrogens (tertiary/aromatic N) is 1. The van der Waals surface area contributed by atoms with Crippen molar-refractivity contribution in [1.82, 2.24) is 15.6 Å². The molecule has 0 radical (unpaired) electrons. The van der Waals surface area contributed by atoms with E-state index in [-0.39, 0.29) is 11.9 Å². The van der Waals surface area contributed by atoms with Crippen LogP contribution in [-0.4, -0.2) is 23.5 Å². The van der Waals surface area contributed by atoms with Crippen LogP contribution in [0.1, 0.15) is 30.1 Å². The van der Waals surface area contributed by atoms with Crippen molar-refractivity contribution in [2.75, 3.05) is 6.54 Å². The summed E-state index contributed by atoms with van der Waals surface area (Å²) in [5, 5.41) is 6.35. The Bertz CT molecular complexity index is 596. The van der Waals surface area contributed by atoms with Gasteiger partial charge in [0.1, 0.15) is 0 Å². The molecule has 3 rings (SSSR count). The highest BCUT2D eigenvalue weighted by molar-refractivity contribution is 5.78. The second-order valence-electron chi connectivity index (χ2n) is 5.72. The third-order valence-corrected chi connectivity index (χ3v) is 3.79. The van der Waals surface area contributed by atoms with Crippen molar-refractivity contribution in [1.29, 1.82) is 0 Å². The van der Waals surface area contributed by atoms with Crippen molar-refractivity contribution in [3.8, 4) is 0 Å². The molecule has 1 aromatic heterocycles. The van der Waals surface area contributed by atoms with Gasteiger partial charge in [-0.15, -0.1) is 0 Å². The smallest absolute Gasteiger partial charge is 0.234 e. The largest absolute Gasteiger partial charge is 0.346 e. The van der Waals surface area contributed by atoms with Gasteiger partial charge in [0.2, 0.25) is 5.91 Å². The van der Waals surface area contributed by atoms with Crippen molar-refractivity contribution in [2.24, 2.45) is 0 Å². The molecular weight excluding hydrogens is 274 g/mol. The molecule has 4 heteroatoms. The summed E-state index contributed by atoms with van der Waals surface area (Å²) in [6.45, 7) is 0.378. The summed E-state index contributed by atoms with van der Waals surface area (Å²) in [5.41, 5.74) is 2.08. The van der Waals surface area contributed by atoms with Gasteiger partial charge in [0, 0.05) is 12.2 Å². The number of hydrogen-bond acceptors (Lipinski definition) is 3. The SMILES string of the molecule is O=C(CNC1CC1)NC(Cc1ccccc1)c1ccccn1. The fourth-order valence-corrected chi connectivity index (χ4v) is 2.43. The third kappa shape index (κ3) is 4.40. The van der Waals surface area contributed by atoms with Crippen LogP contribution in [-0.2, 0) is 11.2 Å². The molecule has 1 aliphatic carbocycles. The third-order valence-electron chi connectivity index (χ3n) is 3.79. The van der Waals surface area contributed by atoms with Gasteiger partial charge in [0.25, 0.3) is 0 Å². The zero-order chi connectivity index (χ0) is 15.2. The zero-order valence-corrected chi connectivity index (χ0v) is 12.5. The van der Waals surface area contributed by atoms with Crippen LogP contribution in [0.15, 0.2) is 54.7 Å². The van der Waals surface area contributed by atoms with Crippen molar-refractivity contribution in [3.63, 3.8) is 0 Å². The van der Waals surface area contributed by atoms with Crippen LogP contribution in [0.2, 0.25) is 0 Å². The van der Waals surface area contributed by atoms with E-state index in [0.29, 0.717) is 12.6 Å². The number of pyridine rings is 1. The van der Waals surface area contributed by atoms with Crippen LogP contribution in [0.25, 0.3) is 0 Å². The zero-order valence-electron chi connectivity index (χ0n) is 12.5. The Balaban J connectivity index is 1.66. The lowest BCUT2D eigenvalue weighted by atomic mass is 10.0. The first-order valence-electron chi connectivity index (χ1n) is 7.79. The predicted octanol–water partition coefficient (Wildman–Crippen LogP) is 2.23. The predicted molar refractivity (Wildman–Crippen MR) is 86.3 cm³/mol. The Hall–Kier alpha value is -2.20. The fourth-order valence-electron chi connectivity index (χ4n) is 2.43. The second-order valence-corrected chi connectivity index (χ2v) is 5.72. The van der Waals surface area contributed by atoms with Crippen LogP contribution < -0.4 is 10.6 Å². The van der Waals surface area contributed by atoms with Crippen LogP contribution in [0, 0.1) is 0 Å². The van der Waals surface area contributed by atoms with E-state index in [1.807, 2.05) is 36.4 Å². The van der Waals surface area contributed by atoms with Crippen molar-refractivity contribution < 1.29 is 4.79 Å². The number of nitrogens with one attached hydrogen (secondary N) is 2. The molecule has 4 nitrogen and oxygen atoms in total. The average Bonchev–Trinajstić information content (AvgIpc) is 3.38. The highest BCUT2D eigenvalue weighted by Gasteiger charge is 2.22. The first-order chi connectivity index (χ1) is 10.8. The first kappa shape index (κ1) is 14.7. The summed E-state index contributed by atoms with van der Waals surface area (Å²) in [6, 6.07) is 16.4. The molecule has 1 fully saturated rings. The number of rotatable bonds is 7. The Morgan fingerprint density at radius 3 is 2.59 bits per heavy atom.